The Morgan fingerprint density at radius 2 is 2.16 bits per heavy atom. The molecular formula is C13H15N3O3. The summed E-state index contributed by atoms with van der Waals surface area (Å²) < 4.78 is 0. The number of H-pyrrole nitrogens is 1. The monoisotopic (exact) mass is 261 g/mol. The van der Waals surface area contributed by atoms with Crippen LogP contribution in [0.1, 0.15) is 12.6 Å². The largest absolute Gasteiger partial charge is 0.481 e. The summed E-state index contributed by atoms with van der Waals surface area (Å²) in [5, 5.41) is 19.2. The molecule has 1 aromatic carbocycles. The van der Waals surface area contributed by atoms with Crippen molar-refractivity contribution in [2.24, 2.45) is 5.92 Å². The lowest BCUT2D eigenvalue weighted by molar-refractivity contribution is -0.141. The van der Waals surface area contributed by atoms with Crippen LogP contribution in [0.4, 0.5) is 0 Å². The van der Waals surface area contributed by atoms with E-state index in [2.05, 4.69) is 15.5 Å². The first-order valence-electron chi connectivity index (χ1n) is 5.99. The second kappa shape index (κ2) is 5.51. The van der Waals surface area contributed by atoms with Crippen molar-refractivity contribution in [3.63, 3.8) is 0 Å². The first kappa shape index (κ1) is 13.1. The molecule has 0 saturated carbocycles. The molecule has 0 radical (unpaired) electrons. The number of hydrogen-bond acceptors (Lipinski definition) is 3. The van der Waals surface area contributed by atoms with E-state index in [1.807, 2.05) is 24.3 Å². The van der Waals surface area contributed by atoms with Gasteiger partial charge in [0.05, 0.1) is 23.5 Å². The summed E-state index contributed by atoms with van der Waals surface area (Å²) in [7, 11) is 0. The molecule has 2 aromatic rings. The van der Waals surface area contributed by atoms with Crippen molar-refractivity contribution in [2.75, 3.05) is 6.54 Å². The van der Waals surface area contributed by atoms with Crippen molar-refractivity contribution >= 4 is 22.8 Å². The number of carboxylic acid groups (broad SMARTS) is 1. The number of carboxylic acids is 1. The molecule has 6 nitrogen and oxygen atoms in total. The predicted octanol–water partition coefficient (Wildman–Crippen LogP) is 0.942. The van der Waals surface area contributed by atoms with Crippen LogP contribution in [-0.2, 0) is 16.0 Å². The molecule has 3 N–H and O–H groups in total. The Labute approximate surface area is 109 Å². The van der Waals surface area contributed by atoms with Gasteiger partial charge in [0, 0.05) is 11.9 Å². The maximum absolute atomic E-state index is 11.7. The summed E-state index contributed by atoms with van der Waals surface area (Å²) >= 11 is 0. The lowest BCUT2D eigenvalue weighted by Gasteiger charge is -2.07. The maximum atomic E-state index is 11.7. The molecule has 1 amide bonds. The summed E-state index contributed by atoms with van der Waals surface area (Å²) in [6.07, 6.45) is 0.160. The molecule has 0 saturated heterocycles. The lowest BCUT2D eigenvalue weighted by atomic mass is 10.1. The second-order valence-corrected chi connectivity index (χ2v) is 4.44. The Morgan fingerprint density at radius 1 is 1.42 bits per heavy atom. The summed E-state index contributed by atoms with van der Waals surface area (Å²) in [6.45, 7) is 1.68. The molecular weight excluding hydrogens is 246 g/mol. The minimum atomic E-state index is -0.924. The fourth-order valence-corrected chi connectivity index (χ4v) is 1.73. The topological polar surface area (TPSA) is 95.1 Å². The average Bonchev–Trinajstić information content (AvgIpc) is 2.79. The molecule has 1 aromatic heterocycles. The summed E-state index contributed by atoms with van der Waals surface area (Å²) in [5.74, 6) is -1.74. The maximum Gasteiger partial charge on any atom is 0.308 e. The van der Waals surface area contributed by atoms with Crippen molar-refractivity contribution in [2.45, 2.75) is 13.3 Å². The molecule has 1 unspecified atom stereocenters. The minimum Gasteiger partial charge on any atom is -0.481 e. The Hall–Kier alpha value is -2.37. The van der Waals surface area contributed by atoms with Gasteiger partial charge in [-0.2, -0.15) is 5.10 Å². The average molecular weight is 261 g/mol. The molecule has 1 atom stereocenters. The highest BCUT2D eigenvalue weighted by Crippen LogP contribution is 2.15. The summed E-state index contributed by atoms with van der Waals surface area (Å²) in [5.41, 5.74) is 1.54. The first-order chi connectivity index (χ1) is 9.08. The van der Waals surface area contributed by atoms with Gasteiger partial charge in [0.25, 0.3) is 0 Å². The third-order valence-electron chi connectivity index (χ3n) is 2.90. The Bertz CT molecular complexity index is 606. The summed E-state index contributed by atoms with van der Waals surface area (Å²) in [4.78, 5) is 22.4. The molecule has 0 fully saturated rings. The van der Waals surface area contributed by atoms with Crippen molar-refractivity contribution in [3.8, 4) is 0 Å². The molecule has 0 spiro atoms. The predicted molar refractivity (Wildman–Crippen MR) is 69.6 cm³/mol. The van der Waals surface area contributed by atoms with Crippen LogP contribution < -0.4 is 5.32 Å². The highest BCUT2D eigenvalue weighted by molar-refractivity contribution is 5.87. The highest BCUT2D eigenvalue weighted by Gasteiger charge is 2.14. The van der Waals surface area contributed by atoms with Crippen LogP contribution in [-0.4, -0.2) is 33.7 Å². The van der Waals surface area contributed by atoms with Crippen molar-refractivity contribution in [1.29, 1.82) is 0 Å². The van der Waals surface area contributed by atoms with Gasteiger partial charge in [-0.25, -0.2) is 0 Å². The van der Waals surface area contributed by atoms with Gasteiger partial charge in [0.15, 0.2) is 0 Å². The van der Waals surface area contributed by atoms with Gasteiger partial charge >= 0.3 is 5.97 Å². The molecule has 1 heterocycles. The van der Waals surface area contributed by atoms with Crippen molar-refractivity contribution < 1.29 is 14.7 Å². The van der Waals surface area contributed by atoms with E-state index in [0.29, 0.717) is 0 Å². The molecule has 0 bridgehead atoms. The number of aromatic amines is 1. The molecule has 100 valence electrons. The van der Waals surface area contributed by atoms with Crippen molar-refractivity contribution in [1.82, 2.24) is 15.5 Å². The zero-order valence-corrected chi connectivity index (χ0v) is 10.5. The Morgan fingerprint density at radius 3 is 2.89 bits per heavy atom. The number of nitrogens with zero attached hydrogens (tertiary/aromatic N) is 1. The number of rotatable bonds is 5. The van der Waals surface area contributed by atoms with Crippen LogP contribution >= 0.6 is 0 Å². The molecule has 0 aliphatic rings. The number of carbonyl (C=O) groups excluding carboxylic acids is 1. The van der Waals surface area contributed by atoms with Crippen LogP contribution in [0.3, 0.4) is 0 Å². The number of carbonyl (C=O) groups is 2. The number of nitrogens with one attached hydrogen (secondary N) is 2. The van der Waals surface area contributed by atoms with E-state index >= 15 is 0 Å². The van der Waals surface area contributed by atoms with Gasteiger partial charge in [-0.1, -0.05) is 25.1 Å². The number of fused-ring (bicyclic) bond motifs is 1. The number of amides is 1. The summed E-state index contributed by atoms with van der Waals surface area (Å²) in [6, 6.07) is 7.51. The van der Waals surface area contributed by atoms with Crippen molar-refractivity contribution in [3.05, 3.63) is 30.0 Å². The van der Waals surface area contributed by atoms with Gasteiger partial charge < -0.3 is 10.4 Å². The van der Waals surface area contributed by atoms with Gasteiger partial charge in [0.1, 0.15) is 0 Å². The van der Waals surface area contributed by atoms with E-state index in [9.17, 15) is 9.59 Å². The van der Waals surface area contributed by atoms with Gasteiger partial charge in [-0.05, 0) is 6.07 Å². The first-order valence-corrected chi connectivity index (χ1v) is 5.99. The van der Waals surface area contributed by atoms with Crippen LogP contribution in [0.2, 0.25) is 0 Å². The number of aliphatic carboxylic acids is 1. The smallest absolute Gasteiger partial charge is 0.308 e. The second-order valence-electron chi connectivity index (χ2n) is 4.44. The van der Waals surface area contributed by atoms with E-state index < -0.39 is 11.9 Å². The Balaban J connectivity index is 1.97. The van der Waals surface area contributed by atoms with E-state index in [0.717, 1.165) is 16.6 Å². The standard InChI is InChI=1S/C13H15N3O3/c1-8(13(18)19)7-14-12(17)6-11-9-4-2-3-5-10(9)15-16-11/h2-5,8H,6-7H2,1H3,(H,14,17)(H,15,16)(H,18,19). The fraction of sp³-hybridized carbons (Fsp3) is 0.308. The van der Waals surface area contributed by atoms with E-state index in [1.54, 1.807) is 6.92 Å². The SMILES string of the molecule is CC(CNC(=O)Cc1[nH]nc2ccccc12)C(=O)O. The van der Waals surface area contributed by atoms with E-state index in [4.69, 9.17) is 5.11 Å². The molecule has 0 aliphatic heterocycles. The lowest BCUT2D eigenvalue weighted by Crippen LogP contribution is -2.32. The molecule has 6 heteroatoms. The van der Waals surface area contributed by atoms with E-state index in [-0.39, 0.29) is 18.9 Å². The zero-order chi connectivity index (χ0) is 13.8. The molecule has 19 heavy (non-hydrogen) atoms. The van der Waals surface area contributed by atoms with Gasteiger partial charge in [-0.15, -0.1) is 0 Å². The molecule has 2 rings (SSSR count). The number of para-hydroxylation sites is 1. The molecule has 0 aliphatic carbocycles. The highest BCUT2D eigenvalue weighted by atomic mass is 16.4. The number of benzene rings is 1. The van der Waals surface area contributed by atoms with Gasteiger partial charge in [0.2, 0.25) is 5.91 Å². The van der Waals surface area contributed by atoms with Crippen LogP contribution in [0.5, 0.6) is 0 Å². The van der Waals surface area contributed by atoms with Gasteiger partial charge in [-0.3, -0.25) is 14.7 Å². The number of hydrogen-bond donors (Lipinski definition) is 3. The minimum absolute atomic E-state index is 0.125. The van der Waals surface area contributed by atoms with Crippen LogP contribution in [0.15, 0.2) is 24.3 Å². The Kier molecular flexibility index (Phi) is 3.79. The fourth-order valence-electron chi connectivity index (χ4n) is 1.73. The third kappa shape index (κ3) is 3.09. The van der Waals surface area contributed by atoms with Crippen LogP contribution in [0.25, 0.3) is 10.9 Å². The zero-order valence-electron chi connectivity index (χ0n) is 10.5. The quantitative estimate of drug-likeness (QED) is 0.746. The normalized spacial score (nSPS) is 12.3. The third-order valence-corrected chi connectivity index (χ3v) is 2.90. The van der Waals surface area contributed by atoms with Crippen LogP contribution in [0, 0.1) is 5.92 Å². The van der Waals surface area contributed by atoms with E-state index in [1.165, 1.54) is 0 Å². The number of aromatic nitrogens is 2.